The number of nitrogens with one attached hydrogen (secondary N) is 1. The second kappa shape index (κ2) is 4.37. The molecular weight excluding hydrogens is 234 g/mol. The molecule has 1 N–H and O–H groups in total. The van der Waals surface area contributed by atoms with Crippen LogP contribution in [0.25, 0.3) is 0 Å². The highest BCUT2D eigenvalue weighted by Gasteiger charge is 2.23. The molecule has 0 spiro atoms. The summed E-state index contributed by atoms with van der Waals surface area (Å²) in [5.41, 5.74) is 2.63. The second-order valence-electron chi connectivity index (χ2n) is 4.44. The summed E-state index contributed by atoms with van der Waals surface area (Å²) in [6.45, 7) is 0. The van der Waals surface area contributed by atoms with Crippen LogP contribution in [0.15, 0.2) is 36.5 Å². The molecule has 0 saturated heterocycles. The standard InChI is InChI=1S/C14H12F2N2/c15-10-6-11(16)8-12(7-10)18-13-4-3-9-2-1-5-17-14(9)13/h1-2,5-8,13,18H,3-4H2. The minimum Gasteiger partial charge on any atom is -0.376 e. The number of fused-ring (bicyclic) bond motifs is 1. The average Bonchev–Trinajstić information content (AvgIpc) is 2.72. The Morgan fingerprint density at radius 2 is 1.94 bits per heavy atom. The number of pyridine rings is 1. The number of hydrogen-bond donors (Lipinski definition) is 1. The van der Waals surface area contributed by atoms with Gasteiger partial charge in [0.2, 0.25) is 0 Å². The molecule has 3 rings (SSSR count). The summed E-state index contributed by atoms with van der Waals surface area (Å²) in [6, 6.07) is 7.43. The van der Waals surface area contributed by atoms with Crippen LogP contribution in [0.5, 0.6) is 0 Å². The van der Waals surface area contributed by atoms with Crippen molar-refractivity contribution < 1.29 is 8.78 Å². The van der Waals surface area contributed by atoms with Gasteiger partial charge in [0.05, 0.1) is 11.7 Å². The van der Waals surface area contributed by atoms with Gasteiger partial charge in [0.25, 0.3) is 0 Å². The maximum absolute atomic E-state index is 13.1. The van der Waals surface area contributed by atoms with E-state index in [0.717, 1.165) is 24.6 Å². The Morgan fingerprint density at radius 1 is 1.17 bits per heavy atom. The van der Waals surface area contributed by atoms with Crippen LogP contribution in [0, 0.1) is 11.6 Å². The maximum Gasteiger partial charge on any atom is 0.128 e. The molecule has 1 unspecified atom stereocenters. The number of hydrogen-bond acceptors (Lipinski definition) is 2. The molecule has 0 radical (unpaired) electrons. The lowest BCUT2D eigenvalue weighted by molar-refractivity contribution is 0.583. The highest BCUT2D eigenvalue weighted by atomic mass is 19.1. The predicted molar refractivity (Wildman–Crippen MR) is 65.3 cm³/mol. The van der Waals surface area contributed by atoms with Crippen LogP contribution in [-0.4, -0.2) is 4.98 Å². The fourth-order valence-corrected chi connectivity index (χ4v) is 2.39. The van der Waals surface area contributed by atoms with Crippen molar-refractivity contribution in [3.05, 3.63) is 59.4 Å². The van der Waals surface area contributed by atoms with Gasteiger partial charge in [0, 0.05) is 18.0 Å². The van der Waals surface area contributed by atoms with Crippen LogP contribution in [-0.2, 0) is 6.42 Å². The van der Waals surface area contributed by atoms with Crippen molar-refractivity contribution in [3.8, 4) is 0 Å². The smallest absolute Gasteiger partial charge is 0.128 e. The number of nitrogens with zero attached hydrogens (tertiary/aromatic N) is 1. The summed E-state index contributed by atoms with van der Waals surface area (Å²) in [6.07, 6.45) is 3.58. The van der Waals surface area contributed by atoms with Crippen LogP contribution in [0.4, 0.5) is 14.5 Å². The third kappa shape index (κ3) is 2.06. The molecule has 0 saturated carbocycles. The third-order valence-electron chi connectivity index (χ3n) is 3.16. The van der Waals surface area contributed by atoms with E-state index in [1.165, 1.54) is 17.7 Å². The molecule has 92 valence electrons. The zero-order chi connectivity index (χ0) is 12.5. The van der Waals surface area contributed by atoms with Crippen LogP contribution in [0.3, 0.4) is 0 Å². The normalized spacial score (nSPS) is 17.6. The molecule has 0 fully saturated rings. The summed E-state index contributed by atoms with van der Waals surface area (Å²) in [5.74, 6) is -1.14. The van der Waals surface area contributed by atoms with E-state index in [-0.39, 0.29) is 6.04 Å². The fraction of sp³-hybridized carbons (Fsp3) is 0.214. The zero-order valence-electron chi connectivity index (χ0n) is 9.66. The molecule has 1 aromatic carbocycles. The molecule has 18 heavy (non-hydrogen) atoms. The number of rotatable bonds is 2. The highest BCUT2D eigenvalue weighted by Crippen LogP contribution is 2.32. The van der Waals surface area contributed by atoms with Crippen molar-refractivity contribution >= 4 is 5.69 Å². The number of halogens is 2. The molecule has 4 heteroatoms. The van der Waals surface area contributed by atoms with Gasteiger partial charge in [-0.15, -0.1) is 0 Å². The summed E-state index contributed by atoms with van der Waals surface area (Å²) < 4.78 is 26.2. The zero-order valence-corrected chi connectivity index (χ0v) is 9.66. The van der Waals surface area contributed by atoms with Crippen LogP contribution in [0.1, 0.15) is 23.7 Å². The number of benzene rings is 1. The number of aryl methyl sites for hydroxylation is 1. The lowest BCUT2D eigenvalue weighted by Crippen LogP contribution is -2.08. The minimum atomic E-state index is -0.572. The van der Waals surface area contributed by atoms with E-state index in [4.69, 9.17) is 0 Å². The molecule has 2 nitrogen and oxygen atoms in total. The van der Waals surface area contributed by atoms with Gasteiger partial charge >= 0.3 is 0 Å². The molecule has 1 aliphatic rings. The molecule has 1 aromatic heterocycles. The van der Waals surface area contributed by atoms with E-state index in [2.05, 4.69) is 10.3 Å². The SMILES string of the molecule is Fc1cc(F)cc(NC2CCc3cccnc32)c1. The number of aromatic nitrogens is 1. The second-order valence-corrected chi connectivity index (χ2v) is 4.44. The van der Waals surface area contributed by atoms with E-state index >= 15 is 0 Å². The first-order chi connectivity index (χ1) is 8.72. The first-order valence-corrected chi connectivity index (χ1v) is 5.89. The Labute approximate surface area is 104 Å². The summed E-state index contributed by atoms with van der Waals surface area (Å²) in [4.78, 5) is 4.33. The molecular formula is C14H12F2N2. The fourth-order valence-electron chi connectivity index (χ4n) is 2.39. The van der Waals surface area contributed by atoms with Crippen LogP contribution < -0.4 is 5.32 Å². The van der Waals surface area contributed by atoms with Crippen molar-refractivity contribution in [2.45, 2.75) is 18.9 Å². The van der Waals surface area contributed by atoms with Gasteiger partial charge in [0.1, 0.15) is 11.6 Å². The Balaban J connectivity index is 1.86. The first-order valence-electron chi connectivity index (χ1n) is 5.89. The summed E-state index contributed by atoms with van der Waals surface area (Å²) >= 11 is 0. The highest BCUT2D eigenvalue weighted by molar-refractivity contribution is 5.47. The van der Waals surface area contributed by atoms with Gasteiger partial charge in [-0.2, -0.15) is 0 Å². The van der Waals surface area contributed by atoms with Gasteiger partial charge in [0.15, 0.2) is 0 Å². The molecule has 0 amide bonds. The van der Waals surface area contributed by atoms with Crippen molar-refractivity contribution in [3.63, 3.8) is 0 Å². The predicted octanol–water partition coefficient (Wildman–Crippen LogP) is 3.46. The molecule has 1 aliphatic carbocycles. The number of anilines is 1. The molecule has 2 aromatic rings. The maximum atomic E-state index is 13.1. The average molecular weight is 246 g/mol. The van der Waals surface area contributed by atoms with E-state index in [0.29, 0.717) is 5.69 Å². The van der Waals surface area contributed by atoms with Crippen LogP contribution in [0.2, 0.25) is 0 Å². The van der Waals surface area contributed by atoms with E-state index in [1.54, 1.807) is 6.20 Å². The molecule has 1 atom stereocenters. The van der Waals surface area contributed by atoms with Gasteiger partial charge in [-0.25, -0.2) is 8.78 Å². The van der Waals surface area contributed by atoms with E-state index < -0.39 is 11.6 Å². The van der Waals surface area contributed by atoms with Crippen molar-refractivity contribution in [2.24, 2.45) is 0 Å². The largest absolute Gasteiger partial charge is 0.376 e. The Hall–Kier alpha value is -1.97. The van der Waals surface area contributed by atoms with Gasteiger partial charge in [-0.1, -0.05) is 6.07 Å². The van der Waals surface area contributed by atoms with E-state index in [9.17, 15) is 8.78 Å². The molecule has 0 aliphatic heterocycles. The monoisotopic (exact) mass is 246 g/mol. The minimum absolute atomic E-state index is 0.0300. The first kappa shape index (κ1) is 11.1. The quantitative estimate of drug-likeness (QED) is 0.877. The lowest BCUT2D eigenvalue weighted by Gasteiger charge is -2.14. The van der Waals surface area contributed by atoms with Gasteiger partial charge in [-0.05, 0) is 36.6 Å². The Morgan fingerprint density at radius 3 is 2.72 bits per heavy atom. The van der Waals surface area contributed by atoms with Gasteiger partial charge < -0.3 is 5.32 Å². The Kier molecular flexibility index (Phi) is 2.70. The van der Waals surface area contributed by atoms with Crippen molar-refractivity contribution in [2.75, 3.05) is 5.32 Å². The summed E-state index contributed by atoms with van der Waals surface area (Å²) in [7, 11) is 0. The summed E-state index contributed by atoms with van der Waals surface area (Å²) in [5, 5.41) is 3.14. The molecule has 0 bridgehead atoms. The van der Waals surface area contributed by atoms with Gasteiger partial charge in [-0.3, -0.25) is 4.98 Å². The lowest BCUT2D eigenvalue weighted by atomic mass is 10.2. The topological polar surface area (TPSA) is 24.9 Å². The Bertz CT molecular complexity index is 564. The third-order valence-corrected chi connectivity index (χ3v) is 3.16. The van der Waals surface area contributed by atoms with E-state index in [1.807, 2.05) is 12.1 Å². The van der Waals surface area contributed by atoms with Crippen LogP contribution >= 0.6 is 0 Å². The molecule has 1 heterocycles. The van der Waals surface area contributed by atoms with Crippen molar-refractivity contribution in [1.29, 1.82) is 0 Å². The van der Waals surface area contributed by atoms with Crippen molar-refractivity contribution in [1.82, 2.24) is 4.98 Å².